The summed E-state index contributed by atoms with van der Waals surface area (Å²) in [7, 11) is -3.19. The van der Waals surface area contributed by atoms with Crippen molar-refractivity contribution in [2.45, 2.75) is 26.2 Å². The van der Waals surface area contributed by atoms with Gasteiger partial charge in [-0.05, 0) is 55.6 Å². The van der Waals surface area contributed by atoms with Crippen molar-refractivity contribution < 1.29 is 0 Å². The van der Waals surface area contributed by atoms with Gasteiger partial charge in [0.15, 0.2) is 0 Å². The molecule has 2 heteroatoms. The van der Waals surface area contributed by atoms with E-state index in [1.54, 1.807) is 0 Å². The van der Waals surface area contributed by atoms with Gasteiger partial charge in [-0.3, -0.25) is 0 Å². The predicted molar refractivity (Wildman–Crippen MR) is 227 cm³/mol. The predicted octanol–water partition coefficient (Wildman–Crippen LogP) is 13.7. The normalized spacial score (nSPS) is 12.5. The first-order valence-corrected chi connectivity index (χ1v) is 23.8. The van der Waals surface area contributed by atoms with Crippen LogP contribution in [0.15, 0.2) is 181 Å². The van der Waals surface area contributed by atoms with Crippen LogP contribution in [-0.2, 0) is 0 Å². The van der Waals surface area contributed by atoms with Crippen LogP contribution in [0, 0.1) is 0 Å². The van der Waals surface area contributed by atoms with Crippen LogP contribution in [0.2, 0.25) is 26.2 Å². The van der Waals surface area contributed by atoms with Crippen LogP contribution in [0.25, 0.3) is 57.7 Å². The first kappa shape index (κ1) is 34.6. The van der Waals surface area contributed by atoms with Gasteiger partial charge in [0.1, 0.15) is 0 Å². The van der Waals surface area contributed by atoms with Crippen LogP contribution in [0.1, 0.15) is 22.3 Å². The fourth-order valence-electron chi connectivity index (χ4n) is 5.77. The molecule has 0 nitrogen and oxygen atoms in total. The molecule has 6 aromatic rings. The Kier molecular flexibility index (Phi) is 11.0. The molecule has 50 heavy (non-hydrogen) atoms. The van der Waals surface area contributed by atoms with Crippen LogP contribution < -0.4 is 0 Å². The molecule has 0 radical (unpaired) electrons. The Bertz CT molecular complexity index is 1920. The van der Waals surface area contributed by atoms with Gasteiger partial charge < -0.3 is 0 Å². The van der Waals surface area contributed by atoms with Crippen LogP contribution in [0.3, 0.4) is 0 Å². The first-order chi connectivity index (χ1) is 24.2. The third-order valence-electron chi connectivity index (χ3n) is 9.01. The van der Waals surface area contributed by atoms with Crippen molar-refractivity contribution in [3.63, 3.8) is 0 Å². The summed E-state index contributed by atoms with van der Waals surface area (Å²) in [6.07, 6.45) is 9.06. The molecule has 0 amide bonds. The van der Waals surface area contributed by atoms with Gasteiger partial charge in [-0.2, -0.15) is 0 Å². The van der Waals surface area contributed by atoms with Gasteiger partial charge >= 0.3 is 0 Å². The van der Waals surface area contributed by atoms with Gasteiger partial charge in [0, 0.05) is 0 Å². The second-order valence-electron chi connectivity index (χ2n) is 14.2. The molecule has 0 spiro atoms. The van der Waals surface area contributed by atoms with Crippen molar-refractivity contribution in [2.24, 2.45) is 0 Å². The van der Waals surface area contributed by atoms with Crippen LogP contribution >= 0.6 is 0 Å². The highest BCUT2D eigenvalue weighted by molar-refractivity contribution is 6.88. The summed E-state index contributed by atoms with van der Waals surface area (Å²) in [4.78, 5) is 0. The first-order valence-electron chi connectivity index (χ1n) is 17.5. The SMILES string of the molecule is C[Si](C)(/C=C/c1ccccc1)/C=C/c1ccc(-c2ccc(-c3ccc(-c4ccc(/C=C/[Si](C)(C)/C=C/c5ccccc5)cc4)cc3)cc2)cc1. The highest BCUT2D eigenvalue weighted by Crippen LogP contribution is 2.28. The van der Waals surface area contributed by atoms with E-state index in [0.717, 1.165) is 0 Å². The van der Waals surface area contributed by atoms with Crippen molar-refractivity contribution in [3.8, 4) is 33.4 Å². The topological polar surface area (TPSA) is 0 Å². The van der Waals surface area contributed by atoms with Gasteiger partial charge in [0.2, 0.25) is 0 Å². The van der Waals surface area contributed by atoms with E-state index in [-0.39, 0.29) is 0 Å². The van der Waals surface area contributed by atoms with E-state index in [9.17, 15) is 0 Å². The van der Waals surface area contributed by atoms with Crippen molar-refractivity contribution in [2.75, 3.05) is 0 Å². The molecule has 0 aliphatic rings. The summed E-state index contributed by atoms with van der Waals surface area (Å²) in [5.74, 6) is 0. The largest absolute Gasteiger partial charge is 0.0954 e. The van der Waals surface area contributed by atoms with Crippen LogP contribution in [0.4, 0.5) is 0 Å². The van der Waals surface area contributed by atoms with Gasteiger partial charge in [0.05, 0.1) is 16.1 Å². The van der Waals surface area contributed by atoms with E-state index in [1.165, 1.54) is 55.6 Å². The number of hydrogen-bond acceptors (Lipinski definition) is 0. The molecule has 6 rings (SSSR count). The Morgan fingerprint density at radius 3 is 0.700 bits per heavy atom. The highest BCUT2D eigenvalue weighted by atomic mass is 28.3. The quantitative estimate of drug-likeness (QED) is 0.120. The lowest BCUT2D eigenvalue weighted by Gasteiger charge is -2.12. The van der Waals surface area contributed by atoms with Crippen LogP contribution in [0.5, 0.6) is 0 Å². The summed E-state index contributed by atoms with van der Waals surface area (Å²) in [6, 6.07) is 56.7. The smallest absolute Gasteiger partial charge is 0.0902 e. The Morgan fingerprint density at radius 2 is 0.460 bits per heavy atom. The Labute approximate surface area is 301 Å². The van der Waals surface area contributed by atoms with E-state index < -0.39 is 16.1 Å². The molecule has 0 unspecified atom stereocenters. The van der Waals surface area contributed by atoms with E-state index in [2.05, 4.69) is 231 Å². The number of rotatable bonds is 11. The summed E-state index contributed by atoms with van der Waals surface area (Å²) in [5, 5.41) is 0. The molecule has 0 saturated heterocycles. The minimum absolute atomic E-state index is 1.23. The summed E-state index contributed by atoms with van der Waals surface area (Å²) in [5.41, 5.74) is 22.0. The maximum absolute atomic E-state index is 2.41. The Hall–Kier alpha value is -5.29. The maximum atomic E-state index is 2.41. The summed E-state index contributed by atoms with van der Waals surface area (Å²) in [6.45, 7) is 9.49. The zero-order valence-electron chi connectivity index (χ0n) is 29.6. The molecule has 0 aromatic heterocycles. The van der Waals surface area contributed by atoms with Crippen molar-refractivity contribution in [1.29, 1.82) is 0 Å². The standard InChI is InChI=1S/C48H46Si2/c1-49(2,35-31-39-11-7-5-8-12-39)37-33-41-15-19-43(20-16-41)45-23-27-47(28-24-45)48-29-25-46(26-30-48)44-21-17-42(18-22-44)34-38-50(3,4)36-32-40-13-9-6-10-14-40/h5-38H,1-4H3/b35-31+,36-32+,37-33+,38-34+. The summed E-state index contributed by atoms with van der Waals surface area (Å²) >= 11 is 0. The molecule has 0 aliphatic heterocycles. The molecule has 0 saturated carbocycles. The molecular weight excluding hydrogens is 633 g/mol. The maximum Gasteiger partial charge on any atom is 0.0954 e. The monoisotopic (exact) mass is 678 g/mol. The lowest BCUT2D eigenvalue weighted by molar-refractivity contribution is 1.57. The van der Waals surface area contributed by atoms with Gasteiger partial charge in [-0.1, -0.05) is 231 Å². The molecule has 0 N–H and O–H groups in total. The molecule has 246 valence electrons. The molecule has 0 atom stereocenters. The molecule has 6 aromatic carbocycles. The second kappa shape index (κ2) is 15.9. The van der Waals surface area contributed by atoms with Gasteiger partial charge in [0.25, 0.3) is 0 Å². The molecule has 0 bridgehead atoms. The third-order valence-corrected chi connectivity index (χ3v) is 13.1. The zero-order chi connectivity index (χ0) is 34.8. The zero-order valence-corrected chi connectivity index (χ0v) is 31.6. The molecule has 0 aliphatic carbocycles. The minimum Gasteiger partial charge on any atom is -0.0902 e. The second-order valence-corrected chi connectivity index (χ2v) is 22.8. The Morgan fingerprint density at radius 1 is 0.260 bits per heavy atom. The highest BCUT2D eigenvalue weighted by Gasteiger charge is 2.13. The van der Waals surface area contributed by atoms with Gasteiger partial charge in [-0.15, -0.1) is 0 Å². The van der Waals surface area contributed by atoms with E-state index >= 15 is 0 Å². The van der Waals surface area contributed by atoms with Crippen molar-refractivity contribution in [1.82, 2.24) is 0 Å². The van der Waals surface area contributed by atoms with Crippen LogP contribution in [-0.4, -0.2) is 16.1 Å². The summed E-state index contributed by atoms with van der Waals surface area (Å²) < 4.78 is 0. The van der Waals surface area contributed by atoms with E-state index in [1.807, 2.05) is 0 Å². The van der Waals surface area contributed by atoms with Gasteiger partial charge in [-0.25, -0.2) is 0 Å². The molecule has 0 fully saturated rings. The number of hydrogen-bond donors (Lipinski definition) is 0. The minimum atomic E-state index is -1.59. The average molecular weight is 679 g/mol. The van der Waals surface area contributed by atoms with E-state index in [0.29, 0.717) is 0 Å². The average Bonchev–Trinajstić information content (AvgIpc) is 3.16. The lowest BCUT2D eigenvalue weighted by atomic mass is 9.97. The fraction of sp³-hybridized carbons (Fsp3) is 0.0833. The molecule has 0 heterocycles. The van der Waals surface area contributed by atoms with Crippen molar-refractivity contribution >= 4 is 40.5 Å². The molecular formula is C48H46Si2. The number of benzene rings is 6. The third kappa shape index (κ3) is 9.88. The van der Waals surface area contributed by atoms with Crippen molar-refractivity contribution in [3.05, 3.63) is 203 Å². The fourth-order valence-corrected chi connectivity index (χ4v) is 8.48. The lowest BCUT2D eigenvalue weighted by Crippen LogP contribution is -2.18. The Balaban J connectivity index is 1.05. The van der Waals surface area contributed by atoms with E-state index in [4.69, 9.17) is 0 Å².